The van der Waals surface area contributed by atoms with Gasteiger partial charge in [0.25, 0.3) is 5.91 Å². The number of carbonyl (C=O) groups excluding carboxylic acids is 4. The third-order valence-electron chi connectivity index (χ3n) is 9.69. The lowest BCUT2D eigenvalue weighted by Gasteiger charge is -2.35. The van der Waals surface area contributed by atoms with Crippen molar-refractivity contribution in [1.29, 1.82) is 0 Å². The van der Waals surface area contributed by atoms with E-state index in [2.05, 4.69) is 44.0 Å². The van der Waals surface area contributed by atoms with Gasteiger partial charge in [-0.2, -0.15) is 4.98 Å². The minimum atomic E-state index is -3.89. The number of nitrogens with zero attached hydrogens (tertiary/aromatic N) is 4. The number of amides is 4. The second kappa shape index (κ2) is 13.2. The van der Waals surface area contributed by atoms with Gasteiger partial charge in [-0.1, -0.05) is 51.1 Å². The summed E-state index contributed by atoms with van der Waals surface area (Å²) >= 11 is 0. The van der Waals surface area contributed by atoms with Gasteiger partial charge in [-0.15, -0.1) is 6.58 Å². The van der Waals surface area contributed by atoms with Crippen LogP contribution in [0, 0.1) is 11.3 Å². The molecule has 1 aromatic heterocycles. The number of fused-ring (bicyclic) bond motifs is 1. The second-order valence-electron chi connectivity index (χ2n) is 14.4. The molecule has 2 saturated carbocycles. The smallest absolute Gasteiger partial charge is 0.407 e. The molecule has 3 N–H and O–H groups in total. The first-order valence-electron chi connectivity index (χ1n) is 16.6. The minimum absolute atomic E-state index is 0.0258. The van der Waals surface area contributed by atoms with E-state index in [0.717, 1.165) is 0 Å². The first-order valence-corrected chi connectivity index (χ1v) is 18.2. The average molecular weight is 710 g/mol. The summed E-state index contributed by atoms with van der Waals surface area (Å²) < 4.78 is 38.4. The van der Waals surface area contributed by atoms with E-state index in [4.69, 9.17) is 9.47 Å². The van der Waals surface area contributed by atoms with Gasteiger partial charge in [-0.25, -0.2) is 18.2 Å². The van der Waals surface area contributed by atoms with Gasteiger partial charge in [0, 0.05) is 37.7 Å². The lowest BCUT2D eigenvalue weighted by Crippen LogP contribution is -2.60. The summed E-state index contributed by atoms with van der Waals surface area (Å²) in [6.07, 6.45) is 2.65. The van der Waals surface area contributed by atoms with E-state index in [1.807, 2.05) is 17.0 Å². The van der Waals surface area contributed by atoms with Crippen LogP contribution < -0.4 is 25.0 Å². The van der Waals surface area contributed by atoms with Crippen LogP contribution in [-0.2, 0) is 42.2 Å². The largest absolute Gasteiger partial charge is 0.472 e. The number of aromatic nitrogens is 2. The molecule has 0 unspecified atom stereocenters. The maximum atomic E-state index is 14.2. The lowest BCUT2D eigenvalue weighted by molar-refractivity contribution is -0.142. The highest BCUT2D eigenvalue weighted by Gasteiger charge is 2.62. The van der Waals surface area contributed by atoms with Crippen molar-refractivity contribution in [2.45, 2.75) is 88.5 Å². The fourth-order valence-corrected chi connectivity index (χ4v) is 7.94. The summed E-state index contributed by atoms with van der Waals surface area (Å²) in [5.41, 5.74) is 0.0297. The van der Waals surface area contributed by atoms with E-state index in [1.165, 1.54) is 29.2 Å². The van der Waals surface area contributed by atoms with E-state index >= 15 is 0 Å². The van der Waals surface area contributed by atoms with Crippen molar-refractivity contribution in [3.8, 4) is 5.88 Å². The van der Waals surface area contributed by atoms with Crippen molar-refractivity contribution in [3.05, 3.63) is 60.3 Å². The molecule has 5 atom stereocenters. The van der Waals surface area contributed by atoms with Gasteiger partial charge in [0.15, 0.2) is 0 Å². The Hall–Kier alpha value is -4.73. The minimum Gasteiger partial charge on any atom is -0.472 e. The van der Waals surface area contributed by atoms with Crippen LogP contribution in [-0.4, -0.2) is 89.7 Å². The SMILES string of the molecule is C=C[C@@H]1C[C@]1(NC(=O)[C@@H]1C[C@@H](Oc2ccnc(N3Cc4ccccc4C3)n2)CN1C(=O)[C@@H](NC(=O)OC)C(C)(C)C)C(=O)NS(=O)(=O)C1CC1. The summed E-state index contributed by atoms with van der Waals surface area (Å²) in [6.45, 7) is 10.3. The Morgan fingerprint density at radius 3 is 2.36 bits per heavy atom. The molecule has 16 heteroatoms. The second-order valence-corrected chi connectivity index (χ2v) is 16.4. The molecule has 0 bridgehead atoms. The molecule has 2 aliphatic heterocycles. The Bertz CT molecular complexity index is 1790. The van der Waals surface area contributed by atoms with Crippen LogP contribution in [0.5, 0.6) is 5.88 Å². The molecular formula is C34H43N7O8S. The van der Waals surface area contributed by atoms with E-state index in [1.54, 1.807) is 33.0 Å². The Balaban J connectivity index is 1.24. The highest BCUT2D eigenvalue weighted by molar-refractivity contribution is 7.91. The molecule has 0 spiro atoms. The number of methoxy groups -OCH3 is 1. The third-order valence-corrected chi connectivity index (χ3v) is 11.5. The Morgan fingerprint density at radius 1 is 1.10 bits per heavy atom. The maximum absolute atomic E-state index is 14.2. The zero-order valence-corrected chi connectivity index (χ0v) is 29.4. The third kappa shape index (κ3) is 7.11. The van der Waals surface area contributed by atoms with Crippen LogP contribution in [0.25, 0.3) is 0 Å². The van der Waals surface area contributed by atoms with E-state index < -0.39 is 74.1 Å². The maximum Gasteiger partial charge on any atom is 0.407 e. The topological polar surface area (TPSA) is 189 Å². The van der Waals surface area contributed by atoms with Crippen LogP contribution in [0.4, 0.5) is 10.7 Å². The van der Waals surface area contributed by atoms with E-state index in [9.17, 15) is 27.6 Å². The molecule has 4 amide bonds. The number of nitrogens with one attached hydrogen (secondary N) is 3. The highest BCUT2D eigenvalue weighted by Crippen LogP contribution is 2.45. The van der Waals surface area contributed by atoms with Crippen LogP contribution in [0.15, 0.2) is 49.2 Å². The van der Waals surface area contributed by atoms with Gasteiger partial charge < -0.3 is 29.9 Å². The first-order chi connectivity index (χ1) is 23.6. The van der Waals surface area contributed by atoms with Crippen molar-refractivity contribution >= 4 is 39.8 Å². The molecule has 3 fully saturated rings. The predicted molar refractivity (Wildman–Crippen MR) is 181 cm³/mol. The number of hydrogen-bond acceptors (Lipinski definition) is 11. The van der Waals surface area contributed by atoms with Crippen molar-refractivity contribution in [3.63, 3.8) is 0 Å². The molecule has 2 aliphatic carbocycles. The summed E-state index contributed by atoms with van der Waals surface area (Å²) in [4.78, 5) is 66.4. The molecule has 6 rings (SSSR count). The van der Waals surface area contributed by atoms with Gasteiger partial charge in [0.05, 0.1) is 18.9 Å². The summed E-state index contributed by atoms with van der Waals surface area (Å²) in [5, 5.41) is 4.72. The average Bonchev–Trinajstić information content (AvgIpc) is 3.97. The fraction of sp³-hybridized carbons (Fsp3) is 0.529. The summed E-state index contributed by atoms with van der Waals surface area (Å²) in [6, 6.07) is 7.46. The number of benzene rings is 1. The molecule has 4 aliphatic rings. The van der Waals surface area contributed by atoms with Gasteiger partial charge >= 0.3 is 6.09 Å². The quantitative estimate of drug-likeness (QED) is 0.289. The van der Waals surface area contributed by atoms with Crippen molar-refractivity contribution in [2.75, 3.05) is 18.6 Å². The van der Waals surface area contributed by atoms with Crippen molar-refractivity contribution < 1.29 is 37.1 Å². The zero-order valence-electron chi connectivity index (χ0n) is 28.5. The molecular weight excluding hydrogens is 666 g/mol. The fourth-order valence-electron chi connectivity index (χ4n) is 6.58. The normalized spacial score (nSPS) is 24.8. The predicted octanol–water partition coefficient (Wildman–Crippen LogP) is 1.79. The van der Waals surface area contributed by atoms with E-state index in [0.29, 0.717) is 31.9 Å². The molecule has 1 aromatic carbocycles. The number of rotatable bonds is 11. The van der Waals surface area contributed by atoms with Crippen molar-refractivity contribution in [1.82, 2.24) is 30.2 Å². The monoisotopic (exact) mass is 709 g/mol. The number of likely N-dealkylation sites (tertiary alicyclic amines) is 1. The number of hydrogen-bond donors (Lipinski definition) is 3. The van der Waals surface area contributed by atoms with Gasteiger partial charge in [-0.05, 0) is 35.8 Å². The van der Waals surface area contributed by atoms with Gasteiger partial charge in [0.2, 0.25) is 33.7 Å². The number of carbonyl (C=O) groups is 4. The number of alkyl carbamates (subject to hydrolysis) is 1. The number of ether oxygens (including phenoxy) is 2. The number of anilines is 1. The Labute approximate surface area is 291 Å². The highest BCUT2D eigenvalue weighted by atomic mass is 32.2. The molecule has 1 saturated heterocycles. The van der Waals surface area contributed by atoms with E-state index in [-0.39, 0.29) is 25.3 Å². The molecule has 268 valence electrons. The first kappa shape index (κ1) is 35.1. The lowest BCUT2D eigenvalue weighted by atomic mass is 9.85. The van der Waals surface area contributed by atoms with Crippen LogP contribution in [0.3, 0.4) is 0 Å². The van der Waals surface area contributed by atoms with Crippen LogP contribution >= 0.6 is 0 Å². The molecule has 50 heavy (non-hydrogen) atoms. The van der Waals surface area contributed by atoms with Crippen LogP contribution in [0.1, 0.15) is 57.6 Å². The number of sulfonamides is 1. The van der Waals surface area contributed by atoms with Crippen molar-refractivity contribution in [2.24, 2.45) is 11.3 Å². The standard InChI is InChI=1S/C34H43N7O8S/c1-6-22-16-34(22,30(44)39-50(46,47)24-11-12-24)38-28(42)25-15-23(19-41(25)29(43)27(33(2,3)4)37-32(45)48-5)49-26-13-14-35-31(36-26)40-17-20-9-7-8-10-21(20)18-40/h6-10,13-14,22-25,27H,1,11-12,15-19H2,2-5H3,(H,37,45)(H,38,42)(H,39,44)/t22-,23-,25+,27-,34-/m1/s1. The summed E-state index contributed by atoms with van der Waals surface area (Å²) in [7, 11) is -2.70. The Kier molecular flexibility index (Phi) is 9.26. The molecule has 2 aromatic rings. The van der Waals surface area contributed by atoms with Gasteiger partial charge in [-0.3, -0.25) is 19.1 Å². The molecule has 3 heterocycles. The molecule has 0 radical (unpaired) electrons. The summed E-state index contributed by atoms with van der Waals surface area (Å²) in [5.74, 6) is -1.87. The Morgan fingerprint density at radius 2 is 1.78 bits per heavy atom. The van der Waals surface area contributed by atoms with Gasteiger partial charge in [0.1, 0.15) is 23.7 Å². The van der Waals surface area contributed by atoms with Crippen LogP contribution in [0.2, 0.25) is 0 Å². The molecule has 15 nitrogen and oxygen atoms in total. The zero-order chi connectivity index (χ0) is 36.0.